The first-order valence-corrected chi connectivity index (χ1v) is 5.11. The molecule has 1 fully saturated rings. The van der Waals surface area contributed by atoms with Crippen LogP contribution in [-0.2, 0) is 9.47 Å². The molecule has 5 heteroatoms. The van der Waals surface area contributed by atoms with Gasteiger partial charge in [0.1, 0.15) is 0 Å². The zero-order valence-electron chi connectivity index (χ0n) is 8.83. The summed E-state index contributed by atoms with van der Waals surface area (Å²) < 4.78 is 10.8. The van der Waals surface area contributed by atoms with Crippen molar-refractivity contribution in [1.29, 1.82) is 0 Å². The van der Waals surface area contributed by atoms with Crippen LogP contribution in [0.4, 0.5) is 4.79 Å². The third-order valence-corrected chi connectivity index (χ3v) is 2.12. The quantitative estimate of drug-likeness (QED) is 0.663. The third-order valence-electron chi connectivity index (χ3n) is 2.12. The van der Waals surface area contributed by atoms with E-state index in [-0.39, 0.29) is 6.29 Å². The fourth-order valence-electron chi connectivity index (χ4n) is 1.32. The number of hydrogen-bond donors (Lipinski definition) is 2. The normalized spacial score (nSPS) is 20.9. The minimum Gasteiger partial charge on any atom is -0.353 e. The Hall–Kier alpha value is -1.07. The first-order valence-electron chi connectivity index (χ1n) is 5.11. The van der Waals surface area contributed by atoms with E-state index < -0.39 is 6.03 Å². The second-order valence-electron chi connectivity index (χ2n) is 3.57. The average molecular weight is 214 g/mol. The monoisotopic (exact) mass is 214 g/mol. The number of hydrogen-bond acceptors (Lipinski definition) is 3. The fourth-order valence-corrected chi connectivity index (χ4v) is 1.32. The number of carbonyl (C=O) groups is 1. The van der Waals surface area contributed by atoms with Crippen LogP contribution < -0.4 is 11.1 Å². The van der Waals surface area contributed by atoms with E-state index >= 15 is 0 Å². The molecule has 0 aromatic heterocycles. The summed E-state index contributed by atoms with van der Waals surface area (Å²) >= 11 is 0. The van der Waals surface area contributed by atoms with E-state index in [1.165, 1.54) is 0 Å². The van der Waals surface area contributed by atoms with Gasteiger partial charge in [0, 0.05) is 13.2 Å². The first kappa shape index (κ1) is 12.0. The maximum atomic E-state index is 10.4. The summed E-state index contributed by atoms with van der Waals surface area (Å²) in [6.45, 7) is 5.26. The molecule has 2 amide bonds. The molecule has 1 saturated heterocycles. The molecule has 5 nitrogen and oxygen atoms in total. The van der Waals surface area contributed by atoms with Gasteiger partial charge in [-0.25, -0.2) is 4.79 Å². The zero-order valence-corrected chi connectivity index (χ0v) is 8.83. The maximum absolute atomic E-state index is 10.4. The molecule has 86 valence electrons. The lowest BCUT2D eigenvalue weighted by Gasteiger charge is -2.23. The summed E-state index contributed by atoms with van der Waals surface area (Å²) in [4.78, 5) is 10.4. The van der Waals surface area contributed by atoms with Gasteiger partial charge in [0.15, 0.2) is 6.29 Å². The second kappa shape index (κ2) is 6.42. The largest absolute Gasteiger partial charge is 0.353 e. The topological polar surface area (TPSA) is 73.6 Å². The number of ether oxygens (including phenoxy) is 2. The highest BCUT2D eigenvalue weighted by atomic mass is 16.7. The minimum atomic E-state index is -0.551. The van der Waals surface area contributed by atoms with Crippen LogP contribution in [0.25, 0.3) is 0 Å². The van der Waals surface area contributed by atoms with E-state index in [1.54, 1.807) is 0 Å². The Morgan fingerprint density at radius 3 is 3.00 bits per heavy atom. The molecule has 15 heavy (non-hydrogen) atoms. The molecule has 0 saturated carbocycles. The van der Waals surface area contributed by atoms with E-state index in [4.69, 9.17) is 15.2 Å². The summed E-state index contributed by atoms with van der Waals surface area (Å²) in [6, 6.07) is -0.551. The van der Waals surface area contributed by atoms with Crippen LogP contribution in [-0.4, -0.2) is 32.1 Å². The molecule has 0 aromatic carbocycles. The van der Waals surface area contributed by atoms with Gasteiger partial charge in [-0.3, -0.25) is 0 Å². The summed E-state index contributed by atoms with van der Waals surface area (Å²) in [5.74, 6) is 0. The van der Waals surface area contributed by atoms with Crippen molar-refractivity contribution in [3.8, 4) is 0 Å². The first-order chi connectivity index (χ1) is 7.18. The van der Waals surface area contributed by atoms with Crippen LogP contribution in [0, 0.1) is 0 Å². The molecular weight excluding hydrogens is 196 g/mol. The van der Waals surface area contributed by atoms with Crippen molar-refractivity contribution in [1.82, 2.24) is 5.32 Å². The molecule has 0 bridgehead atoms. The van der Waals surface area contributed by atoms with E-state index in [2.05, 4.69) is 11.9 Å². The molecule has 1 rings (SSSR count). The zero-order chi connectivity index (χ0) is 11.1. The lowest BCUT2D eigenvalue weighted by molar-refractivity contribution is -0.156. The van der Waals surface area contributed by atoms with Crippen molar-refractivity contribution in [2.45, 2.75) is 25.6 Å². The van der Waals surface area contributed by atoms with E-state index in [1.807, 2.05) is 0 Å². The Bertz CT molecular complexity index is 225. The highest BCUT2D eigenvalue weighted by Crippen LogP contribution is 2.14. The molecule has 1 atom stereocenters. The molecule has 0 aliphatic carbocycles. The third kappa shape index (κ3) is 5.39. The van der Waals surface area contributed by atoms with Gasteiger partial charge in [0.25, 0.3) is 0 Å². The van der Waals surface area contributed by atoms with Crippen molar-refractivity contribution in [3.63, 3.8) is 0 Å². The van der Waals surface area contributed by atoms with Crippen molar-refractivity contribution in [3.05, 3.63) is 12.2 Å². The number of rotatable bonds is 5. The fraction of sp³-hybridized carbons (Fsp3) is 0.700. The van der Waals surface area contributed by atoms with Gasteiger partial charge >= 0.3 is 6.03 Å². The SMILES string of the molecule is C=C(CNC(N)=O)COC1CCCCO1. The Labute approximate surface area is 89.6 Å². The van der Waals surface area contributed by atoms with Gasteiger partial charge in [0.05, 0.1) is 6.61 Å². The number of nitrogens with one attached hydrogen (secondary N) is 1. The van der Waals surface area contributed by atoms with E-state index in [0.29, 0.717) is 13.2 Å². The molecule has 0 radical (unpaired) electrons. The lowest BCUT2D eigenvalue weighted by atomic mass is 10.2. The van der Waals surface area contributed by atoms with Gasteiger partial charge in [-0.2, -0.15) is 0 Å². The summed E-state index contributed by atoms with van der Waals surface area (Å²) in [6.07, 6.45) is 3.04. The van der Waals surface area contributed by atoms with Crippen LogP contribution in [0.3, 0.4) is 0 Å². The van der Waals surface area contributed by atoms with E-state index in [9.17, 15) is 4.79 Å². The second-order valence-corrected chi connectivity index (χ2v) is 3.57. The number of urea groups is 1. The van der Waals surface area contributed by atoms with Crippen molar-refractivity contribution < 1.29 is 14.3 Å². The summed E-state index contributed by atoms with van der Waals surface area (Å²) in [5.41, 5.74) is 5.70. The Morgan fingerprint density at radius 2 is 2.40 bits per heavy atom. The minimum absolute atomic E-state index is 0.121. The lowest BCUT2D eigenvalue weighted by Crippen LogP contribution is -2.32. The van der Waals surface area contributed by atoms with Crippen LogP contribution in [0.1, 0.15) is 19.3 Å². The van der Waals surface area contributed by atoms with Crippen LogP contribution in [0.5, 0.6) is 0 Å². The molecule has 1 aliphatic rings. The van der Waals surface area contributed by atoms with Crippen molar-refractivity contribution in [2.24, 2.45) is 5.73 Å². The van der Waals surface area contributed by atoms with Crippen molar-refractivity contribution in [2.75, 3.05) is 19.8 Å². The number of nitrogens with two attached hydrogens (primary N) is 1. The molecule has 1 unspecified atom stereocenters. The maximum Gasteiger partial charge on any atom is 0.312 e. The van der Waals surface area contributed by atoms with E-state index in [0.717, 1.165) is 31.4 Å². The highest BCUT2D eigenvalue weighted by molar-refractivity contribution is 5.71. The Kier molecular flexibility index (Phi) is 5.14. The van der Waals surface area contributed by atoms with Gasteiger partial charge in [-0.1, -0.05) is 6.58 Å². The Morgan fingerprint density at radius 1 is 1.60 bits per heavy atom. The van der Waals surface area contributed by atoms with Crippen molar-refractivity contribution >= 4 is 6.03 Å². The number of carbonyl (C=O) groups excluding carboxylic acids is 1. The molecular formula is C10H18N2O3. The number of primary amides is 1. The molecule has 1 heterocycles. The predicted octanol–water partition coefficient (Wildman–Crippen LogP) is 0.754. The highest BCUT2D eigenvalue weighted by Gasteiger charge is 2.13. The molecule has 3 N–H and O–H groups in total. The van der Waals surface area contributed by atoms with Gasteiger partial charge in [-0.05, 0) is 24.8 Å². The van der Waals surface area contributed by atoms with Crippen LogP contribution in [0.15, 0.2) is 12.2 Å². The molecule has 0 aromatic rings. The molecule has 1 aliphatic heterocycles. The van der Waals surface area contributed by atoms with Gasteiger partial charge in [-0.15, -0.1) is 0 Å². The summed E-state index contributed by atoms with van der Waals surface area (Å²) in [7, 11) is 0. The predicted molar refractivity (Wildman–Crippen MR) is 56.3 cm³/mol. The van der Waals surface area contributed by atoms with Crippen LogP contribution in [0.2, 0.25) is 0 Å². The Balaban J connectivity index is 2.07. The average Bonchev–Trinajstić information content (AvgIpc) is 2.25. The smallest absolute Gasteiger partial charge is 0.312 e. The number of amides is 2. The molecule has 0 spiro atoms. The summed E-state index contributed by atoms with van der Waals surface area (Å²) in [5, 5.41) is 2.45. The van der Waals surface area contributed by atoms with Crippen LogP contribution >= 0.6 is 0 Å². The van der Waals surface area contributed by atoms with Gasteiger partial charge in [0.2, 0.25) is 0 Å². The van der Waals surface area contributed by atoms with Gasteiger partial charge < -0.3 is 20.5 Å². The standard InChI is InChI=1S/C10H18N2O3/c1-8(6-12-10(11)13)7-15-9-4-2-3-5-14-9/h9H,1-7H2,(H3,11,12,13).